The topological polar surface area (TPSA) is 47.9 Å². The molecule has 1 aromatic rings. The van der Waals surface area contributed by atoms with Crippen LogP contribution < -0.4 is 0 Å². The van der Waals surface area contributed by atoms with Crippen molar-refractivity contribution in [3.05, 3.63) is 35.9 Å². The fourth-order valence-corrected chi connectivity index (χ4v) is 4.11. The van der Waals surface area contributed by atoms with Crippen LogP contribution in [0.5, 0.6) is 0 Å². The molecule has 0 spiro atoms. The lowest BCUT2D eigenvalue weighted by Crippen LogP contribution is -2.58. The highest BCUT2D eigenvalue weighted by Crippen LogP contribution is 2.44. The molecule has 0 bridgehead atoms. The molecule has 0 amide bonds. The number of aliphatic hydroxyl groups is 1. The van der Waals surface area contributed by atoms with Crippen LogP contribution in [0.4, 0.5) is 0 Å². The Bertz CT molecular complexity index is 539. The minimum atomic E-state index is -1.06. The molecule has 3 rings (SSSR count). The van der Waals surface area contributed by atoms with Crippen LogP contribution in [0.25, 0.3) is 0 Å². The summed E-state index contributed by atoms with van der Waals surface area (Å²) < 4.78 is 18.3. The molecule has 1 aliphatic carbocycles. The number of fused-ring (bicyclic) bond motifs is 1. The predicted molar refractivity (Wildman–Crippen MR) is 97.1 cm³/mol. The second kappa shape index (κ2) is 7.75. The number of hydrogen-bond donors (Lipinski definition) is 1. The molecule has 1 aliphatic heterocycles. The maximum Gasteiger partial charge on any atom is 0.171 e. The molecule has 1 heterocycles. The first kappa shape index (κ1) is 18.8. The maximum atomic E-state index is 11.1. The van der Waals surface area contributed by atoms with Gasteiger partial charge in [0.25, 0.3) is 0 Å². The van der Waals surface area contributed by atoms with Crippen LogP contribution in [0.1, 0.15) is 58.4 Å². The lowest BCUT2D eigenvalue weighted by Gasteiger charge is -2.50. The molecule has 4 nitrogen and oxygen atoms in total. The molecule has 4 atom stereocenters. The molecule has 1 aromatic carbocycles. The molecule has 140 valence electrons. The van der Waals surface area contributed by atoms with Gasteiger partial charge in [0.1, 0.15) is 0 Å². The van der Waals surface area contributed by atoms with Gasteiger partial charge in [-0.2, -0.15) is 0 Å². The Morgan fingerprint density at radius 2 is 1.96 bits per heavy atom. The van der Waals surface area contributed by atoms with Crippen LogP contribution in [0.15, 0.2) is 30.3 Å². The minimum absolute atomic E-state index is 0.0179. The van der Waals surface area contributed by atoms with E-state index in [-0.39, 0.29) is 23.7 Å². The zero-order chi connectivity index (χ0) is 17.9. The van der Waals surface area contributed by atoms with Crippen LogP contribution in [0.2, 0.25) is 0 Å². The molecule has 0 unspecified atom stereocenters. The van der Waals surface area contributed by atoms with E-state index in [1.807, 2.05) is 18.2 Å². The van der Waals surface area contributed by atoms with Gasteiger partial charge in [-0.15, -0.1) is 0 Å². The molecular formula is C21H32O4. The van der Waals surface area contributed by atoms with E-state index in [0.29, 0.717) is 19.6 Å². The first-order valence-corrected chi connectivity index (χ1v) is 9.55. The van der Waals surface area contributed by atoms with Crippen molar-refractivity contribution in [1.29, 1.82) is 0 Å². The van der Waals surface area contributed by atoms with Crippen LogP contribution in [0, 0.1) is 5.92 Å². The van der Waals surface area contributed by atoms with Crippen LogP contribution in [0.3, 0.4) is 0 Å². The standard InChI is InChI=1S/C21H32O4/c1-20(2,3)25-19-13-17(15-23-14-16-9-5-4-6-10-16)24-21(22)12-8-7-11-18(19)21/h4-6,9-10,17-19,22H,7-8,11-15H2,1-3H3/t17-,18+,19+,21-/m0/s1. The SMILES string of the molecule is CC(C)(C)O[C@@H]1C[C@@H](COCc2ccccc2)O[C@@]2(O)CCCC[C@H]12. The van der Waals surface area contributed by atoms with Gasteiger partial charge in [0.15, 0.2) is 5.79 Å². The van der Waals surface area contributed by atoms with Crippen LogP contribution in [-0.4, -0.2) is 35.3 Å². The second-order valence-corrected chi connectivity index (χ2v) is 8.44. The van der Waals surface area contributed by atoms with E-state index >= 15 is 0 Å². The predicted octanol–water partition coefficient (Wildman–Crippen LogP) is 4.05. The van der Waals surface area contributed by atoms with Crippen molar-refractivity contribution in [2.45, 2.75) is 83.1 Å². The average molecular weight is 348 g/mol. The molecule has 1 saturated heterocycles. The van der Waals surface area contributed by atoms with Crippen molar-refractivity contribution < 1.29 is 19.3 Å². The van der Waals surface area contributed by atoms with Crippen molar-refractivity contribution in [3.8, 4) is 0 Å². The molecule has 4 heteroatoms. The lowest BCUT2D eigenvalue weighted by molar-refractivity contribution is -0.333. The zero-order valence-electron chi connectivity index (χ0n) is 15.7. The Kier molecular flexibility index (Phi) is 5.84. The molecular weight excluding hydrogens is 316 g/mol. The van der Waals surface area contributed by atoms with Crippen LogP contribution in [-0.2, 0) is 20.8 Å². The molecule has 0 radical (unpaired) electrons. The summed E-state index contributed by atoms with van der Waals surface area (Å²) in [6.07, 6.45) is 4.47. The van der Waals surface area contributed by atoms with Gasteiger partial charge in [-0.1, -0.05) is 36.8 Å². The summed E-state index contributed by atoms with van der Waals surface area (Å²) >= 11 is 0. The van der Waals surface area contributed by atoms with Gasteiger partial charge in [-0.05, 0) is 39.2 Å². The highest BCUT2D eigenvalue weighted by Gasteiger charge is 2.51. The van der Waals surface area contributed by atoms with E-state index in [1.54, 1.807) is 0 Å². The minimum Gasteiger partial charge on any atom is -0.374 e. The van der Waals surface area contributed by atoms with Gasteiger partial charge in [0, 0.05) is 18.8 Å². The molecule has 25 heavy (non-hydrogen) atoms. The average Bonchev–Trinajstić information content (AvgIpc) is 2.54. The van der Waals surface area contributed by atoms with Gasteiger partial charge in [0.2, 0.25) is 0 Å². The third kappa shape index (κ3) is 5.04. The van der Waals surface area contributed by atoms with E-state index < -0.39 is 5.79 Å². The Labute approximate surface area is 151 Å². The molecule has 1 saturated carbocycles. The zero-order valence-corrected chi connectivity index (χ0v) is 15.7. The van der Waals surface area contributed by atoms with Crippen molar-refractivity contribution in [2.24, 2.45) is 5.92 Å². The Balaban J connectivity index is 1.62. The monoisotopic (exact) mass is 348 g/mol. The lowest BCUT2D eigenvalue weighted by atomic mass is 9.76. The maximum absolute atomic E-state index is 11.1. The highest BCUT2D eigenvalue weighted by molar-refractivity contribution is 5.13. The fraction of sp³-hybridized carbons (Fsp3) is 0.714. The smallest absolute Gasteiger partial charge is 0.171 e. The summed E-state index contributed by atoms with van der Waals surface area (Å²) in [6.45, 7) is 7.27. The third-order valence-corrected chi connectivity index (χ3v) is 5.11. The third-order valence-electron chi connectivity index (χ3n) is 5.11. The molecule has 0 aromatic heterocycles. The second-order valence-electron chi connectivity index (χ2n) is 8.44. The normalized spacial score (nSPS) is 33.0. The number of hydrogen-bond acceptors (Lipinski definition) is 4. The first-order chi connectivity index (χ1) is 11.9. The number of benzene rings is 1. The molecule has 2 aliphatic rings. The van der Waals surface area contributed by atoms with Gasteiger partial charge in [-0.25, -0.2) is 0 Å². The number of rotatable bonds is 5. The Hall–Kier alpha value is -0.940. The van der Waals surface area contributed by atoms with Gasteiger partial charge >= 0.3 is 0 Å². The molecule has 1 N–H and O–H groups in total. The van der Waals surface area contributed by atoms with E-state index in [0.717, 1.165) is 31.2 Å². The summed E-state index contributed by atoms with van der Waals surface area (Å²) in [4.78, 5) is 0. The van der Waals surface area contributed by atoms with E-state index in [9.17, 15) is 5.11 Å². The Morgan fingerprint density at radius 3 is 2.68 bits per heavy atom. The fourth-order valence-electron chi connectivity index (χ4n) is 4.11. The molecule has 2 fully saturated rings. The summed E-state index contributed by atoms with van der Waals surface area (Å²) in [6, 6.07) is 10.1. The van der Waals surface area contributed by atoms with E-state index in [2.05, 4.69) is 32.9 Å². The quantitative estimate of drug-likeness (QED) is 0.872. The first-order valence-electron chi connectivity index (χ1n) is 9.55. The summed E-state index contributed by atoms with van der Waals surface area (Å²) in [5.41, 5.74) is 0.922. The summed E-state index contributed by atoms with van der Waals surface area (Å²) in [5.74, 6) is -1.00. The highest BCUT2D eigenvalue weighted by atomic mass is 16.6. The largest absolute Gasteiger partial charge is 0.374 e. The number of ether oxygens (including phenoxy) is 3. The van der Waals surface area contributed by atoms with Gasteiger partial charge in [-0.3, -0.25) is 0 Å². The van der Waals surface area contributed by atoms with Crippen molar-refractivity contribution in [1.82, 2.24) is 0 Å². The van der Waals surface area contributed by atoms with Gasteiger partial charge in [0.05, 0.1) is 31.0 Å². The van der Waals surface area contributed by atoms with Crippen molar-refractivity contribution in [2.75, 3.05) is 6.61 Å². The van der Waals surface area contributed by atoms with Crippen LogP contribution >= 0.6 is 0 Å². The Morgan fingerprint density at radius 1 is 1.20 bits per heavy atom. The summed E-state index contributed by atoms with van der Waals surface area (Å²) in [7, 11) is 0. The van der Waals surface area contributed by atoms with Crippen molar-refractivity contribution in [3.63, 3.8) is 0 Å². The van der Waals surface area contributed by atoms with E-state index in [4.69, 9.17) is 14.2 Å². The van der Waals surface area contributed by atoms with E-state index in [1.165, 1.54) is 0 Å². The summed E-state index contributed by atoms with van der Waals surface area (Å²) in [5, 5.41) is 11.1. The van der Waals surface area contributed by atoms with Crippen molar-refractivity contribution >= 4 is 0 Å². The van der Waals surface area contributed by atoms with Gasteiger partial charge < -0.3 is 19.3 Å².